The maximum atomic E-state index is 5.90. The second kappa shape index (κ2) is 4.65. The van der Waals surface area contributed by atoms with Crippen molar-refractivity contribution < 1.29 is 0 Å². The highest BCUT2D eigenvalue weighted by molar-refractivity contribution is 5.42. The molecule has 90 valence electrons. The highest BCUT2D eigenvalue weighted by Crippen LogP contribution is 2.16. The van der Waals surface area contributed by atoms with Gasteiger partial charge >= 0.3 is 0 Å². The number of anilines is 2. The number of nitrogens with one attached hydrogen (secondary N) is 1. The summed E-state index contributed by atoms with van der Waals surface area (Å²) in [6.07, 6.45) is 1.74. The van der Waals surface area contributed by atoms with Crippen molar-refractivity contribution in [3.8, 4) is 0 Å². The molecule has 0 bridgehead atoms. The largest absolute Gasteiger partial charge is 0.363 e. The zero-order valence-electron chi connectivity index (χ0n) is 10.7. The van der Waals surface area contributed by atoms with Crippen molar-refractivity contribution in [3.05, 3.63) is 12.3 Å². The van der Waals surface area contributed by atoms with Crippen LogP contribution in [0.5, 0.6) is 0 Å². The molecule has 1 heterocycles. The average Bonchev–Trinajstić information content (AvgIpc) is 2.17. The van der Waals surface area contributed by atoms with Crippen LogP contribution in [0.25, 0.3) is 0 Å². The van der Waals surface area contributed by atoms with Crippen LogP contribution in [0.1, 0.15) is 20.8 Å². The Hall–Kier alpha value is -1.36. The van der Waals surface area contributed by atoms with Gasteiger partial charge in [0.05, 0.1) is 0 Å². The van der Waals surface area contributed by atoms with Crippen LogP contribution in [0.3, 0.4) is 0 Å². The van der Waals surface area contributed by atoms with Crippen molar-refractivity contribution in [1.82, 2.24) is 9.97 Å². The molecule has 0 spiro atoms. The van der Waals surface area contributed by atoms with Crippen LogP contribution < -0.4 is 16.0 Å². The minimum Gasteiger partial charge on any atom is -0.363 e. The fourth-order valence-corrected chi connectivity index (χ4v) is 1.08. The van der Waals surface area contributed by atoms with Gasteiger partial charge in [0.25, 0.3) is 0 Å². The summed E-state index contributed by atoms with van der Waals surface area (Å²) >= 11 is 0. The smallest absolute Gasteiger partial charge is 0.226 e. The first kappa shape index (κ1) is 12.7. The SMILES string of the molecule is CC(N)C(C)(C)Nc1ccnc(N(C)C)n1. The van der Waals surface area contributed by atoms with Gasteiger partial charge in [-0.15, -0.1) is 0 Å². The summed E-state index contributed by atoms with van der Waals surface area (Å²) in [5, 5.41) is 3.31. The Labute approximate surface area is 97.1 Å². The molecule has 0 fully saturated rings. The zero-order chi connectivity index (χ0) is 12.3. The van der Waals surface area contributed by atoms with Crippen LogP contribution in [0, 0.1) is 0 Å². The van der Waals surface area contributed by atoms with E-state index < -0.39 is 0 Å². The van der Waals surface area contributed by atoms with Crippen molar-refractivity contribution in [2.24, 2.45) is 5.73 Å². The number of hydrogen-bond donors (Lipinski definition) is 2. The van der Waals surface area contributed by atoms with E-state index >= 15 is 0 Å². The Balaban J connectivity index is 2.86. The zero-order valence-corrected chi connectivity index (χ0v) is 10.7. The van der Waals surface area contributed by atoms with Gasteiger partial charge < -0.3 is 16.0 Å². The monoisotopic (exact) mass is 223 g/mol. The van der Waals surface area contributed by atoms with E-state index in [1.165, 1.54) is 0 Å². The average molecular weight is 223 g/mol. The third kappa shape index (κ3) is 3.06. The van der Waals surface area contributed by atoms with Crippen molar-refractivity contribution in [2.45, 2.75) is 32.4 Å². The van der Waals surface area contributed by atoms with Crippen molar-refractivity contribution in [2.75, 3.05) is 24.3 Å². The van der Waals surface area contributed by atoms with Crippen molar-refractivity contribution >= 4 is 11.8 Å². The van der Waals surface area contributed by atoms with Crippen LogP contribution in [-0.2, 0) is 0 Å². The molecule has 1 aromatic heterocycles. The van der Waals surface area contributed by atoms with Crippen LogP contribution in [0.15, 0.2) is 12.3 Å². The summed E-state index contributed by atoms with van der Waals surface area (Å²) in [4.78, 5) is 10.4. The Morgan fingerprint density at radius 1 is 1.44 bits per heavy atom. The van der Waals surface area contributed by atoms with Gasteiger partial charge in [0.15, 0.2) is 0 Å². The Morgan fingerprint density at radius 3 is 2.56 bits per heavy atom. The maximum absolute atomic E-state index is 5.90. The molecule has 16 heavy (non-hydrogen) atoms. The molecule has 3 N–H and O–H groups in total. The molecule has 0 aliphatic carbocycles. The second-order valence-corrected chi connectivity index (χ2v) is 4.77. The van der Waals surface area contributed by atoms with E-state index in [2.05, 4.69) is 29.1 Å². The predicted molar refractivity (Wildman–Crippen MR) is 67.7 cm³/mol. The molecule has 0 saturated carbocycles. The summed E-state index contributed by atoms with van der Waals surface area (Å²) in [5.41, 5.74) is 5.70. The van der Waals surface area contributed by atoms with Gasteiger partial charge in [-0.3, -0.25) is 0 Å². The van der Waals surface area contributed by atoms with Gasteiger partial charge in [0.1, 0.15) is 5.82 Å². The van der Waals surface area contributed by atoms with Crippen molar-refractivity contribution in [1.29, 1.82) is 0 Å². The molecule has 0 saturated heterocycles. The molecule has 0 aromatic carbocycles. The van der Waals surface area contributed by atoms with E-state index in [9.17, 15) is 0 Å². The van der Waals surface area contributed by atoms with E-state index in [4.69, 9.17) is 5.73 Å². The van der Waals surface area contributed by atoms with Gasteiger partial charge in [-0.05, 0) is 26.8 Å². The number of hydrogen-bond acceptors (Lipinski definition) is 5. The van der Waals surface area contributed by atoms with Crippen LogP contribution in [-0.4, -0.2) is 35.6 Å². The minimum absolute atomic E-state index is 0.0327. The lowest BCUT2D eigenvalue weighted by atomic mass is 9.97. The molecule has 0 aliphatic rings. The quantitative estimate of drug-likeness (QED) is 0.799. The van der Waals surface area contributed by atoms with E-state index in [0.29, 0.717) is 5.95 Å². The molecular weight excluding hydrogens is 202 g/mol. The first-order valence-corrected chi connectivity index (χ1v) is 5.37. The van der Waals surface area contributed by atoms with Gasteiger partial charge in [0, 0.05) is 31.9 Å². The Morgan fingerprint density at radius 2 is 2.06 bits per heavy atom. The first-order valence-electron chi connectivity index (χ1n) is 5.37. The van der Waals surface area contributed by atoms with Crippen LogP contribution in [0.2, 0.25) is 0 Å². The molecule has 0 radical (unpaired) electrons. The lowest BCUT2D eigenvalue weighted by Crippen LogP contribution is -2.47. The number of rotatable bonds is 4. The molecule has 1 rings (SSSR count). The molecule has 5 heteroatoms. The third-order valence-electron chi connectivity index (χ3n) is 2.63. The van der Waals surface area contributed by atoms with E-state index in [0.717, 1.165) is 5.82 Å². The lowest BCUT2D eigenvalue weighted by molar-refractivity contribution is 0.469. The summed E-state index contributed by atoms with van der Waals surface area (Å²) in [6, 6.07) is 1.88. The van der Waals surface area contributed by atoms with Crippen LogP contribution >= 0.6 is 0 Å². The Bertz CT molecular complexity index is 346. The lowest BCUT2D eigenvalue weighted by Gasteiger charge is -2.31. The molecule has 1 atom stereocenters. The molecule has 1 aromatic rings. The highest BCUT2D eigenvalue weighted by Gasteiger charge is 2.22. The summed E-state index contributed by atoms with van der Waals surface area (Å²) < 4.78 is 0. The van der Waals surface area contributed by atoms with Gasteiger partial charge in [0.2, 0.25) is 5.95 Å². The van der Waals surface area contributed by atoms with E-state index in [1.807, 2.05) is 32.0 Å². The molecular formula is C11H21N5. The van der Waals surface area contributed by atoms with Crippen molar-refractivity contribution in [3.63, 3.8) is 0 Å². The standard InChI is InChI=1S/C11H21N5/c1-8(12)11(2,3)15-9-6-7-13-10(14-9)16(4)5/h6-8H,12H2,1-5H3,(H,13,14,15). The van der Waals surface area contributed by atoms with E-state index in [-0.39, 0.29) is 11.6 Å². The summed E-state index contributed by atoms with van der Waals surface area (Å²) in [6.45, 7) is 6.07. The fraction of sp³-hybridized carbons (Fsp3) is 0.636. The molecule has 5 nitrogen and oxygen atoms in total. The van der Waals surface area contributed by atoms with Gasteiger partial charge in [-0.25, -0.2) is 4.98 Å². The first-order chi connectivity index (χ1) is 7.33. The number of nitrogens with zero attached hydrogens (tertiary/aromatic N) is 3. The second-order valence-electron chi connectivity index (χ2n) is 4.77. The normalized spacial score (nSPS) is 13.4. The molecule has 0 aliphatic heterocycles. The topological polar surface area (TPSA) is 67.1 Å². The predicted octanol–water partition coefficient (Wildman–Crippen LogP) is 1.08. The van der Waals surface area contributed by atoms with Crippen LogP contribution in [0.4, 0.5) is 11.8 Å². The minimum atomic E-state index is -0.196. The Kier molecular flexibility index (Phi) is 3.70. The highest BCUT2D eigenvalue weighted by atomic mass is 15.2. The summed E-state index contributed by atoms with van der Waals surface area (Å²) in [5.74, 6) is 1.48. The fourth-order valence-electron chi connectivity index (χ4n) is 1.08. The molecule has 1 unspecified atom stereocenters. The van der Waals surface area contributed by atoms with Gasteiger partial charge in [-0.1, -0.05) is 0 Å². The number of nitrogens with two attached hydrogens (primary N) is 1. The van der Waals surface area contributed by atoms with E-state index in [1.54, 1.807) is 6.20 Å². The maximum Gasteiger partial charge on any atom is 0.226 e. The van der Waals surface area contributed by atoms with Gasteiger partial charge in [-0.2, -0.15) is 4.98 Å². The number of aromatic nitrogens is 2. The third-order valence-corrected chi connectivity index (χ3v) is 2.63. The summed E-state index contributed by atoms with van der Waals surface area (Å²) in [7, 11) is 3.83. The molecule has 0 amide bonds.